The Hall–Kier alpha value is -6.75. The van der Waals surface area contributed by atoms with Crippen molar-refractivity contribution in [3.63, 3.8) is 0 Å². The van der Waals surface area contributed by atoms with Crippen LogP contribution in [0.2, 0.25) is 0 Å². The molecule has 9 aromatic rings. The molecule has 4 heteroatoms. The van der Waals surface area contributed by atoms with Crippen molar-refractivity contribution in [2.24, 2.45) is 0 Å². The van der Waals surface area contributed by atoms with Crippen LogP contribution in [-0.4, -0.2) is 4.57 Å². The van der Waals surface area contributed by atoms with E-state index >= 15 is 0 Å². The summed E-state index contributed by atoms with van der Waals surface area (Å²) >= 11 is 1.86. The van der Waals surface area contributed by atoms with Gasteiger partial charge in [-0.1, -0.05) is 151 Å². The number of benzene rings is 8. The zero-order valence-corrected chi connectivity index (χ0v) is 30.3. The molecule has 0 atom stereocenters. The van der Waals surface area contributed by atoms with Gasteiger partial charge in [-0.2, -0.15) is 0 Å². The molecule has 1 aromatic heterocycles. The summed E-state index contributed by atoms with van der Waals surface area (Å²) in [6.07, 6.45) is 0. The lowest BCUT2D eigenvalue weighted by Gasteiger charge is -2.34. The summed E-state index contributed by atoms with van der Waals surface area (Å²) in [7, 11) is 0. The predicted octanol–water partition coefficient (Wildman–Crippen LogP) is 14.4. The van der Waals surface area contributed by atoms with Gasteiger partial charge in [-0.15, -0.1) is 0 Å². The summed E-state index contributed by atoms with van der Waals surface area (Å²) in [5, 5.41) is 1.25. The molecule has 0 aliphatic carbocycles. The highest BCUT2D eigenvalue weighted by Crippen LogP contribution is 2.57. The van der Waals surface area contributed by atoms with Crippen LogP contribution in [0.5, 0.6) is 0 Å². The fourth-order valence-corrected chi connectivity index (χ4v) is 8.79. The zero-order valence-electron chi connectivity index (χ0n) is 29.5. The Kier molecular flexibility index (Phi) is 8.08. The number of anilines is 6. The van der Waals surface area contributed by atoms with Crippen LogP contribution in [0, 0.1) is 0 Å². The summed E-state index contributed by atoms with van der Waals surface area (Å²) in [5.74, 6) is 1.15. The Morgan fingerprint density at radius 1 is 0.389 bits per heavy atom. The van der Waals surface area contributed by atoms with Gasteiger partial charge in [0.1, 0.15) is 5.82 Å². The molecule has 0 spiro atoms. The SMILES string of the molecule is c1ccc(-c2ccc(N(c3ccc(-c4ccccc4)cc3)c3ccc4c(c3)N(c3ccccc3)c3c(c5ccccc5n3-c3ccccc3)S4)cc2)cc1. The Bertz CT molecular complexity index is 2620. The van der Waals surface area contributed by atoms with E-state index in [0.29, 0.717) is 0 Å². The highest BCUT2D eigenvalue weighted by Gasteiger charge is 2.32. The minimum Gasteiger partial charge on any atom is -0.310 e. The largest absolute Gasteiger partial charge is 0.310 e. The minimum atomic E-state index is 1.08. The highest BCUT2D eigenvalue weighted by atomic mass is 32.2. The lowest BCUT2D eigenvalue weighted by Crippen LogP contribution is -2.19. The topological polar surface area (TPSA) is 11.4 Å². The maximum atomic E-state index is 2.45. The molecule has 2 heterocycles. The van der Waals surface area contributed by atoms with Gasteiger partial charge >= 0.3 is 0 Å². The molecule has 0 radical (unpaired) electrons. The molecule has 0 amide bonds. The van der Waals surface area contributed by atoms with Crippen molar-refractivity contribution in [3.05, 3.63) is 212 Å². The second-order valence-electron chi connectivity index (χ2n) is 13.4. The zero-order chi connectivity index (χ0) is 35.8. The fraction of sp³-hybridized carbons (Fsp3) is 0. The van der Waals surface area contributed by atoms with Crippen LogP contribution in [0.4, 0.5) is 34.3 Å². The molecule has 1 aliphatic rings. The molecule has 10 rings (SSSR count). The van der Waals surface area contributed by atoms with Gasteiger partial charge in [0.25, 0.3) is 0 Å². The summed E-state index contributed by atoms with van der Waals surface area (Å²) in [5.41, 5.74) is 12.6. The second-order valence-corrected chi connectivity index (χ2v) is 14.5. The minimum absolute atomic E-state index is 1.08. The fourth-order valence-electron chi connectivity index (χ4n) is 7.62. The van der Waals surface area contributed by atoms with E-state index in [2.05, 4.69) is 227 Å². The van der Waals surface area contributed by atoms with E-state index in [1.54, 1.807) is 0 Å². The van der Waals surface area contributed by atoms with Crippen molar-refractivity contribution < 1.29 is 0 Å². The molecule has 8 aromatic carbocycles. The smallest absolute Gasteiger partial charge is 0.137 e. The van der Waals surface area contributed by atoms with E-state index in [9.17, 15) is 0 Å². The number of hydrogen-bond donors (Lipinski definition) is 0. The lowest BCUT2D eigenvalue weighted by molar-refractivity contribution is 1.03. The van der Waals surface area contributed by atoms with Crippen LogP contribution in [0.1, 0.15) is 0 Å². The van der Waals surface area contributed by atoms with Crippen molar-refractivity contribution >= 4 is 56.9 Å². The molecule has 0 bridgehead atoms. The summed E-state index contributed by atoms with van der Waals surface area (Å²) in [4.78, 5) is 7.29. The van der Waals surface area contributed by atoms with Gasteiger partial charge in [-0.3, -0.25) is 9.47 Å². The third-order valence-corrected chi connectivity index (χ3v) is 11.3. The molecule has 0 fully saturated rings. The molecule has 1 aliphatic heterocycles. The Balaban J connectivity index is 1.16. The maximum Gasteiger partial charge on any atom is 0.137 e. The maximum absolute atomic E-state index is 2.45. The number of rotatable bonds is 7. The Labute approximate surface area is 320 Å². The van der Waals surface area contributed by atoms with E-state index in [0.717, 1.165) is 39.9 Å². The first-order chi connectivity index (χ1) is 26.8. The predicted molar refractivity (Wildman–Crippen MR) is 228 cm³/mol. The number of hydrogen-bond acceptors (Lipinski definition) is 3. The molecule has 0 saturated carbocycles. The van der Waals surface area contributed by atoms with Gasteiger partial charge in [0.05, 0.1) is 16.1 Å². The van der Waals surface area contributed by atoms with Crippen molar-refractivity contribution in [2.45, 2.75) is 9.79 Å². The van der Waals surface area contributed by atoms with Crippen LogP contribution in [0.15, 0.2) is 222 Å². The molecule has 0 N–H and O–H groups in total. The van der Waals surface area contributed by atoms with Gasteiger partial charge in [-0.25, -0.2) is 0 Å². The molecule has 3 nitrogen and oxygen atoms in total. The van der Waals surface area contributed by atoms with Gasteiger partial charge in [0.2, 0.25) is 0 Å². The molecule has 256 valence electrons. The first-order valence-corrected chi connectivity index (χ1v) is 19.1. The van der Waals surface area contributed by atoms with E-state index in [4.69, 9.17) is 0 Å². The van der Waals surface area contributed by atoms with E-state index in [1.807, 2.05) is 11.8 Å². The van der Waals surface area contributed by atoms with E-state index in [1.165, 1.54) is 42.9 Å². The molecule has 0 unspecified atom stereocenters. The summed E-state index contributed by atoms with van der Waals surface area (Å²) in [6, 6.07) is 76.2. The monoisotopic (exact) mass is 709 g/mol. The Morgan fingerprint density at radius 3 is 1.43 bits per heavy atom. The van der Waals surface area contributed by atoms with Crippen LogP contribution < -0.4 is 9.80 Å². The van der Waals surface area contributed by atoms with E-state index in [-0.39, 0.29) is 0 Å². The van der Waals surface area contributed by atoms with Crippen LogP contribution >= 0.6 is 11.8 Å². The van der Waals surface area contributed by atoms with Gasteiger partial charge in [0, 0.05) is 38.7 Å². The van der Waals surface area contributed by atoms with Gasteiger partial charge in [0.15, 0.2) is 0 Å². The van der Waals surface area contributed by atoms with Crippen molar-refractivity contribution in [3.8, 4) is 27.9 Å². The number of para-hydroxylation sites is 3. The summed E-state index contributed by atoms with van der Waals surface area (Å²) in [6.45, 7) is 0. The number of aromatic nitrogens is 1. The normalized spacial score (nSPS) is 12.0. The van der Waals surface area contributed by atoms with Crippen molar-refractivity contribution in [1.82, 2.24) is 4.57 Å². The van der Waals surface area contributed by atoms with Crippen molar-refractivity contribution in [1.29, 1.82) is 0 Å². The third-order valence-electron chi connectivity index (χ3n) is 10.2. The first-order valence-electron chi connectivity index (χ1n) is 18.3. The van der Waals surface area contributed by atoms with Gasteiger partial charge < -0.3 is 4.90 Å². The standard InChI is InChI=1S/C50H35N3S/c1-5-15-36(16-6-1)38-25-29-42(30-26-38)51(43-31-27-39(28-32-43)37-17-7-2-8-18-37)44-33-34-48-47(35-44)53(41-21-11-4-12-22-41)50-49(54-48)45-23-13-14-24-46(45)52(50)40-19-9-3-10-20-40/h1-35H. The first kappa shape index (κ1) is 31.9. The number of fused-ring (bicyclic) bond motifs is 4. The average Bonchev–Trinajstić information content (AvgIpc) is 3.58. The lowest BCUT2D eigenvalue weighted by atomic mass is 10.0. The van der Waals surface area contributed by atoms with Gasteiger partial charge in [-0.05, 0) is 95.1 Å². The van der Waals surface area contributed by atoms with Crippen LogP contribution in [-0.2, 0) is 0 Å². The van der Waals surface area contributed by atoms with Crippen LogP contribution in [0.3, 0.4) is 0 Å². The van der Waals surface area contributed by atoms with Crippen molar-refractivity contribution in [2.75, 3.05) is 9.80 Å². The highest BCUT2D eigenvalue weighted by molar-refractivity contribution is 8.00. The molecular weight excluding hydrogens is 675 g/mol. The molecular formula is C50H35N3S. The molecule has 0 saturated heterocycles. The summed E-state index contributed by atoms with van der Waals surface area (Å²) < 4.78 is 2.42. The van der Waals surface area contributed by atoms with E-state index < -0.39 is 0 Å². The average molecular weight is 710 g/mol. The number of nitrogens with zero attached hydrogens (tertiary/aromatic N) is 3. The van der Waals surface area contributed by atoms with Crippen LogP contribution in [0.25, 0.3) is 38.8 Å². The Morgan fingerprint density at radius 2 is 0.852 bits per heavy atom. The third kappa shape index (κ3) is 5.65. The second kappa shape index (κ2) is 13.7. The quantitative estimate of drug-likeness (QED) is 0.163. The molecule has 54 heavy (non-hydrogen) atoms.